The number of methoxy groups -OCH3 is 1. The fourth-order valence-electron chi connectivity index (χ4n) is 7.41. The quantitative estimate of drug-likeness (QED) is 0.602. The summed E-state index contributed by atoms with van der Waals surface area (Å²) in [5, 5.41) is 0. The molecule has 4 heterocycles. The van der Waals surface area contributed by atoms with E-state index in [9.17, 15) is 9.59 Å². The molecule has 2 atom stereocenters. The van der Waals surface area contributed by atoms with E-state index in [1.165, 1.54) is 11.1 Å². The molecular formula is C28H39N3O4. The summed E-state index contributed by atoms with van der Waals surface area (Å²) in [5.41, 5.74) is 2.91. The molecule has 190 valence electrons. The molecule has 0 N–H and O–H groups in total. The second-order valence-electron chi connectivity index (χ2n) is 11.5. The van der Waals surface area contributed by atoms with Gasteiger partial charge in [0.1, 0.15) is 6.61 Å². The molecule has 3 saturated heterocycles. The topological polar surface area (TPSA) is 62.3 Å². The van der Waals surface area contributed by atoms with Crippen LogP contribution in [0, 0.1) is 5.92 Å². The van der Waals surface area contributed by atoms with E-state index < -0.39 is 0 Å². The first kappa shape index (κ1) is 23.3. The van der Waals surface area contributed by atoms with Gasteiger partial charge in [-0.15, -0.1) is 0 Å². The molecule has 2 bridgehead atoms. The van der Waals surface area contributed by atoms with E-state index in [0.717, 1.165) is 77.5 Å². The van der Waals surface area contributed by atoms with Crippen LogP contribution in [0.4, 0.5) is 4.79 Å². The Balaban J connectivity index is 1.11. The Labute approximate surface area is 208 Å². The van der Waals surface area contributed by atoms with Crippen LogP contribution in [0.15, 0.2) is 24.3 Å². The van der Waals surface area contributed by atoms with Gasteiger partial charge in [-0.2, -0.15) is 0 Å². The molecule has 6 rings (SSSR count). The minimum absolute atomic E-state index is 0.0841. The number of rotatable bonds is 5. The third-order valence-corrected chi connectivity index (χ3v) is 9.39. The number of likely N-dealkylation sites (tertiary alicyclic amines) is 1. The molecule has 0 aromatic heterocycles. The van der Waals surface area contributed by atoms with Gasteiger partial charge in [0.2, 0.25) is 5.91 Å². The van der Waals surface area contributed by atoms with Gasteiger partial charge in [0.25, 0.3) is 0 Å². The summed E-state index contributed by atoms with van der Waals surface area (Å²) in [7, 11) is 1.63. The Morgan fingerprint density at radius 2 is 1.69 bits per heavy atom. The van der Waals surface area contributed by atoms with Gasteiger partial charge >= 0.3 is 6.09 Å². The van der Waals surface area contributed by atoms with Gasteiger partial charge in [-0.25, -0.2) is 4.79 Å². The van der Waals surface area contributed by atoms with E-state index in [-0.39, 0.29) is 17.4 Å². The number of benzene rings is 1. The maximum absolute atomic E-state index is 13.0. The van der Waals surface area contributed by atoms with E-state index in [2.05, 4.69) is 34.1 Å². The average molecular weight is 482 g/mol. The number of ether oxygens (including phenoxy) is 2. The highest BCUT2D eigenvalue weighted by Crippen LogP contribution is 2.45. The van der Waals surface area contributed by atoms with E-state index >= 15 is 0 Å². The molecule has 1 aromatic rings. The molecule has 1 aliphatic carbocycles. The summed E-state index contributed by atoms with van der Waals surface area (Å²) >= 11 is 0. The molecule has 7 nitrogen and oxygen atoms in total. The van der Waals surface area contributed by atoms with Crippen LogP contribution >= 0.6 is 0 Å². The molecule has 7 heteroatoms. The summed E-state index contributed by atoms with van der Waals surface area (Å²) in [6.45, 7) is 4.57. The highest BCUT2D eigenvalue weighted by atomic mass is 16.6. The summed E-state index contributed by atoms with van der Waals surface area (Å²) in [4.78, 5) is 32.6. The molecule has 1 aromatic carbocycles. The van der Waals surface area contributed by atoms with Gasteiger partial charge in [0.05, 0.1) is 6.61 Å². The number of nitrogens with zero attached hydrogens (tertiary/aromatic N) is 3. The molecule has 2 amide bonds. The third-order valence-electron chi connectivity index (χ3n) is 9.39. The minimum Gasteiger partial charge on any atom is -0.447 e. The molecule has 1 spiro atoms. The largest absolute Gasteiger partial charge is 0.447 e. The van der Waals surface area contributed by atoms with E-state index in [0.29, 0.717) is 37.2 Å². The number of amides is 2. The van der Waals surface area contributed by atoms with Crippen LogP contribution in [0.3, 0.4) is 0 Å². The minimum atomic E-state index is -0.162. The van der Waals surface area contributed by atoms with E-state index in [4.69, 9.17) is 9.47 Å². The zero-order chi connectivity index (χ0) is 24.0. The van der Waals surface area contributed by atoms with Gasteiger partial charge in [-0.05, 0) is 75.6 Å². The average Bonchev–Trinajstić information content (AvgIpc) is 3.69. The van der Waals surface area contributed by atoms with Gasteiger partial charge in [-0.1, -0.05) is 24.3 Å². The normalized spacial score (nSPS) is 29.8. The first-order valence-corrected chi connectivity index (χ1v) is 13.6. The SMILES string of the molecule is COCCOC(=O)N1C2CCC1CC(N1CCC3(CC1)CN(C(=O)C1CC1)Cc1ccccc13)C2. The Kier molecular flexibility index (Phi) is 6.25. The Bertz CT molecular complexity index is 941. The number of hydrogen-bond donors (Lipinski definition) is 0. The molecular weight excluding hydrogens is 442 g/mol. The smallest absolute Gasteiger partial charge is 0.410 e. The first-order chi connectivity index (χ1) is 17.1. The monoisotopic (exact) mass is 481 g/mol. The van der Waals surface area contributed by atoms with Crippen molar-refractivity contribution in [1.82, 2.24) is 14.7 Å². The van der Waals surface area contributed by atoms with E-state index in [1.807, 2.05) is 4.90 Å². The van der Waals surface area contributed by atoms with Crippen molar-refractivity contribution in [3.05, 3.63) is 35.4 Å². The van der Waals surface area contributed by atoms with Gasteiger partial charge in [0, 0.05) is 49.7 Å². The van der Waals surface area contributed by atoms with Crippen LogP contribution in [-0.2, 0) is 26.2 Å². The molecule has 4 aliphatic heterocycles. The summed E-state index contributed by atoms with van der Waals surface area (Å²) < 4.78 is 10.5. The lowest BCUT2D eigenvalue weighted by Crippen LogP contribution is -2.57. The Hall–Kier alpha value is -2.12. The zero-order valence-electron chi connectivity index (χ0n) is 21.0. The molecule has 5 aliphatic rings. The number of fused-ring (bicyclic) bond motifs is 4. The molecule has 4 fully saturated rings. The molecule has 2 unspecified atom stereocenters. The fraction of sp³-hybridized carbons (Fsp3) is 0.714. The van der Waals surface area contributed by atoms with Crippen molar-refractivity contribution in [2.45, 2.75) is 81.5 Å². The lowest BCUT2D eigenvalue weighted by atomic mass is 9.68. The summed E-state index contributed by atoms with van der Waals surface area (Å²) in [5.74, 6) is 0.655. The lowest BCUT2D eigenvalue weighted by molar-refractivity contribution is -0.135. The van der Waals surface area contributed by atoms with Crippen molar-refractivity contribution in [3.63, 3.8) is 0 Å². The fourth-order valence-corrected chi connectivity index (χ4v) is 7.41. The summed E-state index contributed by atoms with van der Waals surface area (Å²) in [6.07, 6.45) is 8.45. The van der Waals surface area contributed by atoms with Crippen molar-refractivity contribution < 1.29 is 19.1 Å². The van der Waals surface area contributed by atoms with Gasteiger partial charge in [-0.3, -0.25) is 4.79 Å². The van der Waals surface area contributed by atoms with Crippen LogP contribution in [0.25, 0.3) is 0 Å². The zero-order valence-corrected chi connectivity index (χ0v) is 21.0. The van der Waals surface area contributed by atoms with Gasteiger partial charge < -0.3 is 24.2 Å². The summed E-state index contributed by atoms with van der Waals surface area (Å²) in [6, 6.07) is 9.97. The second-order valence-corrected chi connectivity index (χ2v) is 11.5. The maximum Gasteiger partial charge on any atom is 0.410 e. The number of carbonyl (C=O) groups excluding carboxylic acids is 2. The highest BCUT2D eigenvalue weighted by Gasteiger charge is 2.49. The van der Waals surface area contributed by atoms with Crippen molar-refractivity contribution in [3.8, 4) is 0 Å². The van der Waals surface area contributed by atoms with Crippen LogP contribution in [0.5, 0.6) is 0 Å². The Morgan fingerprint density at radius 3 is 2.37 bits per heavy atom. The number of carbonyl (C=O) groups is 2. The van der Waals surface area contributed by atoms with Crippen LogP contribution < -0.4 is 0 Å². The van der Waals surface area contributed by atoms with Gasteiger partial charge in [0.15, 0.2) is 0 Å². The predicted molar refractivity (Wildman–Crippen MR) is 132 cm³/mol. The van der Waals surface area contributed by atoms with E-state index in [1.54, 1.807) is 7.11 Å². The molecule has 1 saturated carbocycles. The van der Waals surface area contributed by atoms with Crippen molar-refractivity contribution in [2.24, 2.45) is 5.92 Å². The highest BCUT2D eigenvalue weighted by molar-refractivity contribution is 5.81. The lowest BCUT2D eigenvalue weighted by Gasteiger charge is -2.51. The van der Waals surface area contributed by atoms with Crippen molar-refractivity contribution in [2.75, 3.05) is 40.0 Å². The number of piperidine rings is 2. The van der Waals surface area contributed by atoms with Crippen LogP contribution in [0.2, 0.25) is 0 Å². The predicted octanol–water partition coefficient (Wildman–Crippen LogP) is 3.55. The first-order valence-electron chi connectivity index (χ1n) is 13.6. The standard InChI is InChI=1S/C28H39N3O4/c1-34-14-15-35-27(33)31-22-8-9-23(31)17-24(16-22)29-12-10-28(11-13-29)19-30(26(32)20-6-7-20)18-21-4-2-3-5-25(21)28/h2-5,20,22-24H,6-19H2,1H3. The van der Waals surface area contributed by atoms with Crippen molar-refractivity contribution in [1.29, 1.82) is 0 Å². The molecule has 35 heavy (non-hydrogen) atoms. The number of hydrogen-bond acceptors (Lipinski definition) is 5. The third kappa shape index (κ3) is 4.35. The molecule has 0 radical (unpaired) electrons. The van der Waals surface area contributed by atoms with Crippen molar-refractivity contribution >= 4 is 12.0 Å². The second kappa shape index (κ2) is 9.40. The van der Waals surface area contributed by atoms with Crippen LogP contribution in [-0.4, -0.2) is 84.8 Å². The Morgan fingerprint density at radius 1 is 0.971 bits per heavy atom. The van der Waals surface area contributed by atoms with Crippen LogP contribution in [0.1, 0.15) is 62.5 Å². The maximum atomic E-state index is 13.0.